The summed E-state index contributed by atoms with van der Waals surface area (Å²) in [5.74, 6) is 0.878. The Kier molecular flexibility index (Phi) is 6.68. The highest BCUT2D eigenvalue weighted by Crippen LogP contribution is 2.33. The van der Waals surface area contributed by atoms with E-state index in [2.05, 4.69) is 13.8 Å². The van der Waals surface area contributed by atoms with Crippen LogP contribution in [0.2, 0.25) is 0 Å². The van der Waals surface area contributed by atoms with Crippen LogP contribution in [-0.4, -0.2) is 36.8 Å². The van der Waals surface area contributed by atoms with Crippen LogP contribution in [0.4, 0.5) is 0 Å². The molecule has 0 radical (unpaired) electrons. The lowest BCUT2D eigenvalue weighted by atomic mass is 9.87. The predicted octanol–water partition coefficient (Wildman–Crippen LogP) is 4.86. The van der Waals surface area contributed by atoms with Crippen molar-refractivity contribution in [2.45, 2.75) is 53.9 Å². The van der Waals surface area contributed by atoms with Gasteiger partial charge in [-0.3, -0.25) is 9.59 Å². The number of benzene rings is 1. The van der Waals surface area contributed by atoms with E-state index < -0.39 is 5.41 Å². The summed E-state index contributed by atoms with van der Waals surface area (Å²) in [7, 11) is 1.59. The molecule has 0 aliphatic rings. The molecule has 5 nitrogen and oxygen atoms in total. The zero-order valence-corrected chi connectivity index (χ0v) is 17.3. The summed E-state index contributed by atoms with van der Waals surface area (Å²) in [5, 5.41) is 0.767. The Morgan fingerprint density at radius 3 is 2.26 bits per heavy atom. The van der Waals surface area contributed by atoms with Gasteiger partial charge in [-0.15, -0.1) is 0 Å². The number of hydrogen-bond donors (Lipinski definition) is 0. The Morgan fingerprint density at radius 1 is 1.11 bits per heavy atom. The average Bonchev–Trinajstić information content (AvgIpc) is 2.97. The van der Waals surface area contributed by atoms with Crippen molar-refractivity contribution in [3.05, 3.63) is 29.5 Å². The van der Waals surface area contributed by atoms with Crippen LogP contribution in [0, 0.1) is 5.41 Å². The third-order valence-electron chi connectivity index (χ3n) is 4.55. The number of ether oxygens (including phenoxy) is 1. The number of methoxy groups -OCH3 is 1. The molecule has 5 heteroatoms. The average molecular weight is 373 g/mol. The summed E-state index contributed by atoms with van der Waals surface area (Å²) in [6.45, 7) is 11.1. The molecule has 2 aromatic rings. The van der Waals surface area contributed by atoms with E-state index in [-0.39, 0.29) is 23.9 Å². The first kappa shape index (κ1) is 21.0. The van der Waals surface area contributed by atoms with Crippen LogP contribution in [0.1, 0.15) is 63.6 Å². The fourth-order valence-electron chi connectivity index (χ4n) is 3.12. The lowest BCUT2D eigenvalue weighted by molar-refractivity contribution is -0.130. The van der Waals surface area contributed by atoms with E-state index >= 15 is 0 Å². The van der Waals surface area contributed by atoms with Crippen molar-refractivity contribution in [1.29, 1.82) is 0 Å². The molecule has 27 heavy (non-hydrogen) atoms. The summed E-state index contributed by atoms with van der Waals surface area (Å²) < 4.78 is 11.2. The van der Waals surface area contributed by atoms with Crippen molar-refractivity contribution in [2.75, 3.05) is 20.2 Å². The third kappa shape index (κ3) is 4.71. The number of rotatable bonds is 8. The van der Waals surface area contributed by atoms with Gasteiger partial charge in [0.05, 0.1) is 13.5 Å². The number of nitrogens with zero attached hydrogens (tertiary/aromatic N) is 1. The highest BCUT2D eigenvalue weighted by molar-refractivity contribution is 6.04. The summed E-state index contributed by atoms with van der Waals surface area (Å²) in [6, 6.07) is 5.42. The van der Waals surface area contributed by atoms with Crippen LogP contribution in [0.3, 0.4) is 0 Å². The van der Waals surface area contributed by atoms with Crippen LogP contribution in [0.25, 0.3) is 11.0 Å². The number of fused-ring (bicyclic) bond motifs is 1. The lowest BCUT2D eigenvalue weighted by Crippen LogP contribution is -2.34. The largest absolute Gasteiger partial charge is 0.497 e. The Bertz CT molecular complexity index is 808. The van der Waals surface area contributed by atoms with E-state index in [1.54, 1.807) is 19.2 Å². The molecule has 0 bridgehead atoms. The second kappa shape index (κ2) is 8.59. The Hall–Kier alpha value is -2.30. The van der Waals surface area contributed by atoms with E-state index in [4.69, 9.17) is 9.15 Å². The van der Waals surface area contributed by atoms with Gasteiger partial charge in [-0.05, 0) is 31.0 Å². The minimum atomic E-state index is -0.595. The second-order valence-electron chi connectivity index (χ2n) is 7.91. The highest BCUT2D eigenvalue weighted by atomic mass is 16.5. The zero-order valence-electron chi connectivity index (χ0n) is 17.3. The minimum Gasteiger partial charge on any atom is -0.497 e. The van der Waals surface area contributed by atoms with Gasteiger partial charge in [0, 0.05) is 29.5 Å². The van der Waals surface area contributed by atoms with Crippen LogP contribution in [0.5, 0.6) is 5.75 Å². The van der Waals surface area contributed by atoms with Gasteiger partial charge in [0.25, 0.3) is 0 Å². The molecule has 0 atom stereocenters. The standard InChI is InChI=1S/C22H31NO4/c1-7-11-23(12-8-2)19(24)14-17-16-13-15(26-6)9-10-18(16)27-20(17)21(25)22(3,4)5/h9-10,13H,7-8,11-12,14H2,1-6H3. The molecule has 0 N–H and O–H groups in total. The van der Waals surface area contributed by atoms with Gasteiger partial charge in [-0.1, -0.05) is 34.6 Å². The van der Waals surface area contributed by atoms with Crippen LogP contribution < -0.4 is 4.74 Å². The maximum absolute atomic E-state index is 13.0. The third-order valence-corrected chi connectivity index (χ3v) is 4.55. The summed E-state index contributed by atoms with van der Waals surface area (Å²) in [5.41, 5.74) is 0.664. The first-order valence-electron chi connectivity index (χ1n) is 9.64. The van der Waals surface area contributed by atoms with E-state index in [0.29, 0.717) is 30.0 Å². The van der Waals surface area contributed by atoms with Crippen molar-refractivity contribution >= 4 is 22.7 Å². The molecule has 1 heterocycles. The minimum absolute atomic E-state index is 0.0205. The molecule has 0 unspecified atom stereocenters. The number of furan rings is 1. The first-order valence-corrected chi connectivity index (χ1v) is 9.64. The predicted molar refractivity (Wildman–Crippen MR) is 107 cm³/mol. The molecule has 0 saturated carbocycles. The second-order valence-corrected chi connectivity index (χ2v) is 7.91. The van der Waals surface area contributed by atoms with Crippen molar-refractivity contribution in [3.63, 3.8) is 0 Å². The molecule has 1 amide bonds. The van der Waals surface area contributed by atoms with Crippen molar-refractivity contribution in [2.24, 2.45) is 5.41 Å². The van der Waals surface area contributed by atoms with Crippen LogP contribution in [0.15, 0.2) is 22.6 Å². The number of amides is 1. The smallest absolute Gasteiger partial charge is 0.227 e. The Labute approximate surface area is 161 Å². The quantitative estimate of drug-likeness (QED) is 0.620. The first-order chi connectivity index (χ1) is 12.7. The summed E-state index contributed by atoms with van der Waals surface area (Å²) in [4.78, 5) is 27.8. The molecule has 0 fully saturated rings. The normalized spacial score (nSPS) is 11.6. The molecular weight excluding hydrogens is 342 g/mol. The number of Topliss-reactive ketones (excluding diaryl/α,β-unsaturated/α-hetero) is 1. The summed E-state index contributed by atoms with van der Waals surface area (Å²) in [6.07, 6.45) is 1.95. The SMILES string of the molecule is CCCN(CCC)C(=O)Cc1c(C(=O)C(C)(C)C)oc2ccc(OC)cc12. The molecule has 0 aliphatic carbocycles. The maximum atomic E-state index is 13.0. The molecular formula is C22H31NO4. The lowest BCUT2D eigenvalue weighted by Gasteiger charge is -2.22. The van der Waals surface area contributed by atoms with E-state index in [1.807, 2.05) is 31.7 Å². The van der Waals surface area contributed by atoms with Gasteiger partial charge < -0.3 is 14.1 Å². The maximum Gasteiger partial charge on any atom is 0.227 e. The van der Waals surface area contributed by atoms with Crippen molar-refractivity contribution < 1.29 is 18.7 Å². The molecule has 2 rings (SSSR count). The van der Waals surface area contributed by atoms with E-state index in [0.717, 1.165) is 18.2 Å². The Balaban J connectivity index is 2.53. The molecule has 148 valence electrons. The molecule has 0 saturated heterocycles. The van der Waals surface area contributed by atoms with Crippen LogP contribution >= 0.6 is 0 Å². The monoisotopic (exact) mass is 373 g/mol. The fourth-order valence-corrected chi connectivity index (χ4v) is 3.12. The van der Waals surface area contributed by atoms with Crippen molar-refractivity contribution in [3.8, 4) is 5.75 Å². The molecule has 0 spiro atoms. The number of carbonyl (C=O) groups is 2. The Morgan fingerprint density at radius 2 is 1.74 bits per heavy atom. The fraction of sp³-hybridized carbons (Fsp3) is 0.545. The van der Waals surface area contributed by atoms with E-state index in [9.17, 15) is 9.59 Å². The molecule has 0 aliphatic heterocycles. The zero-order chi connectivity index (χ0) is 20.2. The van der Waals surface area contributed by atoms with Gasteiger partial charge in [-0.2, -0.15) is 0 Å². The number of carbonyl (C=O) groups excluding carboxylic acids is 2. The number of ketones is 1. The van der Waals surface area contributed by atoms with Gasteiger partial charge >= 0.3 is 0 Å². The van der Waals surface area contributed by atoms with E-state index in [1.165, 1.54) is 0 Å². The number of hydrogen-bond acceptors (Lipinski definition) is 4. The highest BCUT2D eigenvalue weighted by Gasteiger charge is 2.31. The molecule has 1 aromatic carbocycles. The summed E-state index contributed by atoms with van der Waals surface area (Å²) >= 11 is 0. The van der Waals surface area contributed by atoms with Crippen LogP contribution in [-0.2, 0) is 11.2 Å². The van der Waals surface area contributed by atoms with Gasteiger partial charge in [0.15, 0.2) is 5.76 Å². The van der Waals surface area contributed by atoms with Crippen molar-refractivity contribution in [1.82, 2.24) is 4.90 Å². The van der Waals surface area contributed by atoms with Gasteiger partial charge in [0.2, 0.25) is 11.7 Å². The molecule has 1 aromatic heterocycles. The van der Waals surface area contributed by atoms with Gasteiger partial charge in [0.1, 0.15) is 11.3 Å². The van der Waals surface area contributed by atoms with Gasteiger partial charge in [-0.25, -0.2) is 0 Å². The topological polar surface area (TPSA) is 59.8 Å².